The summed E-state index contributed by atoms with van der Waals surface area (Å²) in [6.07, 6.45) is 0.269. The highest BCUT2D eigenvalue weighted by Gasteiger charge is 2.29. The van der Waals surface area contributed by atoms with Crippen molar-refractivity contribution in [1.29, 1.82) is 0 Å². The Morgan fingerprint density at radius 2 is 1.70 bits per heavy atom. The highest BCUT2D eigenvalue weighted by atomic mass is 31.2. The molecule has 0 radical (unpaired) electrons. The van der Waals surface area contributed by atoms with E-state index in [4.69, 9.17) is 9.05 Å². The quantitative estimate of drug-likeness (QED) is 0.517. The van der Waals surface area contributed by atoms with Gasteiger partial charge < -0.3 is 0 Å². The number of hydrogen-bond acceptors (Lipinski definition) is 4. The van der Waals surface area contributed by atoms with Crippen LogP contribution in [0.5, 0.6) is 0 Å². The van der Waals surface area contributed by atoms with Gasteiger partial charge in [0.25, 0.3) is 0 Å². The average Bonchev–Trinajstić information content (AvgIpc) is 2.45. The molecule has 6 heteroatoms. The summed E-state index contributed by atoms with van der Waals surface area (Å²) in [5.41, 5.74) is 0.656. The van der Waals surface area contributed by atoms with Crippen molar-refractivity contribution >= 4 is 13.5 Å². The number of carbonyl (C=O) groups excluding carboxylic acids is 1. The molecule has 0 spiro atoms. The lowest BCUT2D eigenvalue weighted by molar-refractivity contribution is 0.0972. The number of rotatable bonds is 9. The minimum atomic E-state index is -3.28. The summed E-state index contributed by atoms with van der Waals surface area (Å²) >= 11 is 0. The number of ketones is 1. The zero-order valence-electron chi connectivity index (χ0n) is 12.2. The van der Waals surface area contributed by atoms with Crippen molar-refractivity contribution in [3.05, 3.63) is 35.9 Å². The molecule has 1 aromatic carbocycles. The topological polar surface area (TPSA) is 55.8 Å². The summed E-state index contributed by atoms with van der Waals surface area (Å²) in [5.74, 6) is 0.0111. The van der Waals surface area contributed by atoms with Gasteiger partial charge in [-0.05, 0) is 20.9 Å². The molecule has 1 rings (SSSR count). The third kappa shape index (κ3) is 4.84. The Kier molecular flexibility index (Phi) is 7.10. The van der Waals surface area contributed by atoms with Gasteiger partial charge in [-0.1, -0.05) is 30.3 Å². The maximum Gasteiger partial charge on any atom is 0.407 e. The molecule has 0 aliphatic rings. The Bertz CT molecular complexity index is 454. The Balaban J connectivity index is 2.59. The lowest BCUT2D eigenvalue weighted by atomic mass is 10.1. The van der Waals surface area contributed by atoms with E-state index in [1.165, 1.54) is 4.67 Å². The summed E-state index contributed by atoms with van der Waals surface area (Å²) in [7, 11) is -1.63. The molecule has 0 heterocycles. The SMILES string of the molecule is CCOP(=O)(OCC)N(C)CCC(=O)c1ccccc1. The Labute approximate surface area is 120 Å². The van der Waals surface area contributed by atoms with E-state index in [2.05, 4.69) is 0 Å². The number of nitrogens with zero attached hydrogens (tertiary/aromatic N) is 1. The van der Waals surface area contributed by atoms with Crippen molar-refractivity contribution < 1.29 is 18.4 Å². The van der Waals surface area contributed by atoms with E-state index in [0.717, 1.165) is 0 Å². The third-order valence-electron chi connectivity index (χ3n) is 2.76. The normalized spacial score (nSPS) is 11.8. The minimum absolute atomic E-state index is 0.0111. The molecular formula is C14H22NO4P. The van der Waals surface area contributed by atoms with Gasteiger partial charge in [0.2, 0.25) is 0 Å². The lowest BCUT2D eigenvalue weighted by Gasteiger charge is -2.25. The Morgan fingerprint density at radius 1 is 1.15 bits per heavy atom. The monoisotopic (exact) mass is 299 g/mol. The lowest BCUT2D eigenvalue weighted by Crippen LogP contribution is -2.22. The molecule has 0 aliphatic carbocycles. The first-order chi connectivity index (χ1) is 9.53. The van der Waals surface area contributed by atoms with Crippen LogP contribution >= 0.6 is 7.75 Å². The molecule has 112 valence electrons. The van der Waals surface area contributed by atoms with Crippen LogP contribution in [0.4, 0.5) is 0 Å². The fourth-order valence-corrected chi connectivity index (χ4v) is 3.18. The largest absolute Gasteiger partial charge is 0.407 e. The second-order valence-electron chi connectivity index (χ2n) is 4.22. The number of hydrogen-bond donors (Lipinski definition) is 0. The second-order valence-corrected chi connectivity index (χ2v) is 6.36. The molecule has 0 atom stereocenters. The molecule has 5 nitrogen and oxygen atoms in total. The van der Waals surface area contributed by atoms with Crippen molar-refractivity contribution in [3.8, 4) is 0 Å². The number of Topliss-reactive ketones (excluding diaryl/α,β-unsaturated/α-hetero) is 1. The van der Waals surface area contributed by atoms with Crippen LogP contribution in [0.2, 0.25) is 0 Å². The first kappa shape index (κ1) is 17.1. The molecule has 1 aromatic rings. The van der Waals surface area contributed by atoms with E-state index in [1.54, 1.807) is 33.0 Å². The van der Waals surface area contributed by atoms with Gasteiger partial charge in [-0.3, -0.25) is 13.8 Å². The fourth-order valence-electron chi connectivity index (χ4n) is 1.71. The molecule has 0 fully saturated rings. The zero-order chi connectivity index (χ0) is 15.0. The van der Waals surface area contributed by atoms with Gasteiger partial charge in [0.1, 0.15) is 0 Å². The third-order valence-corrected chi connectivity index (χ3v) is 4.97. The van der Waals surface area contributed by atoms with Gasteiger partial charge in [-0.25, -0.2) is 9.24 Å². The van der Waals surface area contributed by atoms with Gasteiger partial charge in [-0.2, -0.15) is 0 Å². The minimum Gasteiger partial charge on any atom is -0.297 e. The van der Waals surface area contributed by atoms with Crippen LogP contribution in [0.15, 0.2) is 30.3 Å². The first-order valence-corrected chi connectivity index (χ1v) is 8.22. The van der Waals surface area contributed by atoms with Gasteiger partial charge in [0, 0.05) is 18.5 Å². The first-order valence-electron chi connectivity index (χ1n) is 6.72. The summed E-state index contributed by atoms with van der Waals surface area (Å²) < 4.78 is 24.4. The predicted molar refractivity (Wildman–Crippen MR) is 78.9 cm³/mol. The van der Waals surface area contributed by atoms with Gasteiger partial charge in [0.05, 0.1) is 13.2 Å². The zero-order valence-corrected chi connectivity index (χ0v) is 13.1. The van der Waals surface area contributed by atoms with E-state index >= 15 is 0 Å². The summed E-state index contributed by atoms with van der Waals surface area (Å²) in [6, 6.07) is 9.05. The summed E-state index contributed by atoms with van der Waals surface area (Å²) in [4.78, 5) is 12.0. The molecule has 0 aromatic heterocycles. The van der Waals surface area contributed by atoms with E-state index in [-0.39, 0.29) is 12.2 Å². The van der Waals surface area contributed by atoms with Crippen LogP contribution in [-0.4, -0.2) is 37.3 Å². The maximum absolute atomic E-state index is 12.4. The Morgan fingerprint density at radius 3 is 2.20 bits per heavy atom. The highest BCUT2D eigenvalue weighted by molar-refractivity contribution is 7.51. The highest BCUT2D eigenvalue weighted by Crippen LogP contribution is 2.50. The van der Waals surface area contributed by atoms with E-state index in [0.29, 0.717) is 25.3 Å². The predicted octanol–water partition coefficient (Wildman–Crippen LogP) is 3.37. The summed E-state index contributed by atoms with van der Waals surface area (Å²) in [6.45, 7) is 4.44. The van der Waals surface area contributed by atoms with Crippen molar-refractivity contribution in [2.24, 2.45) is 0 Å². The molecule has 0 saturated carbocycles. The van der Waals surface area contributed by atoms with Crippen LogP contribution in [-0.2, 0) is 13.6 Å². The molecule has 0 amide bonds. The number of benzene rings is 1. The Hall–Kier alpha value is -1.00. The van der Waals surface area contributed by atoms with Crippen LogP contribution in [0.25, 0.3) is 0 Å². The maximum atomic E-state index is 12.4. The van der Waals surface area contributed by atoms with Crippen molar-refractivity contribution in [3.63, 3.8) is 0 Å². The molecule has 20 heavy (non-hydrogen) atoms. The number of carbonyl (C=O) groups is 1. The van der Waals surface area contributed by atoms with E-state index in [9.17, 15) is 9.36 Å². The smallest absolute Gasteiger partial charge is 0.297 e. The fraction of sp³-hybridized carbons (Fsp3) is 0.500. The van der Waals surface area contributed by atoms with Crippen molar-refractivity contribution in [1.82, 2.24) is 4.67 Å². The molecule has 0 saturated heterocycles. The molecule has 0 bridgehead atoms. The van der Waals surface area contributed by atoms with Gasteiger partial charge in [-0.15, -0.1) is 0 Å². The van der Waals surface area contributed by atoms with Crippen LogP contribution in [0.3, 0.4) is 0 Å². The molecule has 0 unspecified atom stereocenters. The summed E-state index contributed by atoms with van der Waals surface area (Å²) in [5, 5.41) is 0. The molecule has 0 N–H and O–H groups in total. The van der Waals surface area contributed by atoms with Crippen LogP contribution in [0.1, 0.15) is 30.6 Å². The molecule has 0 aliphatic heterocycles. The van der Waals surface area contributed by atoms with Crippen LogP contribution < -0.4 is 0 Å². The van der Waals surface area contributed by atoms with E-state index < -0.39 is 7.75 Å². The van der Waals surface area contributed by atoms with Crippen molar-refractivity contribution in [2.45, 2.75) is 20.3 Å². The standard InChI is InChI=1S/C14H22NO4P/c1-4-18-20(17,19-5-2)15(3)12-11-14(16)13-9-7-6-8-10-13/h6-10H,4-5,11-12H2,1-3H3. The average molecular weight is 299 g/mol. The van der Waals surface area contributed by atoms with Crippen molar-refractivity contribution in [2.75, 3.05) is 26.8 Å². The van der Waals surface area contributed by atoms with Gasteiger partial charge >= 0.3 is 7.75 Å². The van der Waals surface area contributed by atoms with Crippen LogP contribution in [0, 0.1) is 0 Å². The molecular weight excluding hydrogens is 277 g/mol. The van der Waals surface area contributed by atoms with E-state index in [1.807, 2.05) is 18.2 Å². The second kappa shape index (κ2) is 8.32. The van der Waals surface area contributed by atoms with Gasteiger partial charge in [0.15, 0.2) is 5.78 Å².